The predicted octanol–water partition coefficient (Wildman–Crippen LogP) is 24.5. The van der Waals surface area contributed by atoms with Gasteiger partial charge in [-0.05, 0) is 151 Å². The van der Waals surface area contributed by atoms with Gasteiger partial charge in [0, 0.05) is 89.3 Å². The number of nitrogens with zero attached hydrogens (tertiary/aromatic N) is 1. The highest BCUT2D eigenvalue weighted by molar-refractivity contribution is 9.10. The minimum atomic E-state index is -0.0499. The van der Waals surface area contributed by atoms with Crippen molar-refractivity contribution in [2.24, 2.45) is 0 Å². The third-order valence-corrected chi connectivity index (χ3v) is 21.5. The molecule has 0 saturated heterocycles. The molecule has 0 aliphatic heterocycles. The van der Waals surface area contributed by atoms with Crippen LogP contribution in [0.4, 0.5) is 22.7 Å². The van der Waals surface area contributed by atoms with Crippen LogP contribution in [0.1, 0.15) is 82.3 Å². The van der Waals surface area contributed by atoms with Gasteiger partial charge in [0.2, 0.25) is 0 Å². The summed E-state index contributed by atoms with van der Waals surface area (Å²) in [6.07, 6.45) is 0. The van der Waals surface area contributed by atoms with Gasteiger partial charge in [0.1, 0.15) is 0 Å². The van der Waals surface area contributed by atoms with Crippen LogP contribution in [0, 0.1) is 0 Å². The van der Waals surface area contributed by atoms with Crippen LogP contribution in [0.5, 0.6) is 0 Å². The van der Waals surface area contributed by atoms with E-state index in [4.69, 9.17) is 5.73 Å². The van der Waals surface area contributed by atoms with Gasteiger partial charge >= 0.3 is 0 Å². The molecule has 2 nitrogen and oxygen atoms in total. The van der Waals surface area contributed by atoms with Crippen molar-refractivity contribution in [1.82, 2.24) is 0 Å². The summed E-state index contributed by atoms with van der Waals surface area (Å²) in [6.45, 7) is 14.0. The summed E-state index contributed by atoms with van der Waals surface area (Å²) in [5, 5.41) is 5.27. The molecule has 17 rings (SSSR count). The van der Waals surface area contributed by atoms with Crippen molar-refractivity contribution in [2.45, 2.75) is 65.2 Å². The van der Waals surface area contributed by atoms with Crippen LogP contribution in [0.2, 0.25) is 0 Å². The van der Waals surface area contributed by atoms with Gasteiger partial charge in [0.05, 0.1) is 5.69 Å². The molecule has 0 bridgehead atoms. The molecule has 0 amide bonds. The summed E-state index contributed by atoms with van der Waals surface area (Å²) in [5.74, 6) is 0. The molecule has 0 spiro atoms. The average molecular weight is 1220 g/mol. The van der Waals surface area contributed by atoms with Gasteiger partial charge in [0.15, 0.2) is 0 Å². The largest absolute Gasteiger partial charge is 0.398 e. The molecule has 0 unspecified atom stereocenters. The number of thiophene rings is 2. The van der Waals surface area contributed by atoms with Crippen molar-refractivity contribution in [1.29, 1.82) is 0 Å². The van der Waals surface area contributed by atoms with Crippen LogP contribution >= 0.6 is 38.6 Å². The second kappa shape index (κ2) is 21.5. The average Bonchev–Trinajstić information content (AvgIpc) is 1.71. The van der Waals surface area contributed by atoms with Gasteiger partial charge in [-0.3, -0.25) is 0 Å². The Kier molecular flexibility index (Phi) is 13.9. The number of benzene rings is 12. The van der Waals surface area contributed by atoms with Crippen molar-refractivity contribution in [3.8, 4) is 55.6 Å². The topological polar surface area (TPSA) is 29.3 Å². The number of anilines is 4. The Balaban J connectivity index is 0.000000146. The van der Waals surface area contributed by atoms with E-state index in [1.54, 1.807) is 0 Å². The Labute approximate surface area is 528 Å². The molecule has 424 valence electrons. The molecule has 12 aromatic carbocycles. The van der Waals surface area contributed by atoms with E-state index in [-0.39, 0.29) is 23.7 Å². The summed E-state index contributed by atoms with van der Waals surface area (Å²) >= 11 is 7.27. The van der Waals surface area contributed by atoms with Gasteiger partial charge in [-0.25, -0.2) is 0 Å². The lowest BCUT2D eigenvalue weighted by molar-refractivity contribution is 0.660. The number of nitrogen functional groups attached to an aromatic ring is 1. The Morgan fingerprint density at radius 3 is 1.14 bits per heavy atom. The van der Waals surface area contributed by atoms with Crippen molar-refractivity contribution >= 4 is 102 Å². The zero-order valence-electron chi connectivity index (χ0n) is 49.0. The quantitative estimate of drug-likeness (QED) is 0.174. The zero-order valence-corrected chi connectivity index (χ0v) is 52.3. The van der Waals surface area contributed by atoms with E-state index in [9.17, 15) is 0 Å². The van der Waals surface area contributed by atoms with Gasteiger partial charge in [-0.1, -0.05) is 253 Å². The lowest BCUT2D eigenvalue weighted by atomic mass is 9.82. The van der Waals surface area contributed by atoms with Crippen molar-refractivity contribution in [3.05, 3.63) is 299 Å². The fraction of sp³-hybridized carbons (Fsp3) is 0.122. The molecule has 0 fully saturated rings. The maximum atomic E-state index is 6.16. The van der Waals surface area contributed by atoms with E-state index < -0.39 is 0 Å². The summed E-state index contributed by atoms with van der Waals surface area (Å²) in [7, 11) is 0. The van der Waals surface area contributed by atoms with Gasteiger partial charge < -0.3 is 10.6 Å². The smallest absolute Gasteiger partial charge is 0.0540 e. The van der Waals surface area contributed by atoms with Crippen LogP contribution in [0.15, 0.2) is 265 Å². The van der Waals surface area contributed by atoms with Crippen LogP contribution in [0.25, 0.3) is 96.0 Å². The zero-order chi connectivity index (χ0) is 58.6. The summed E-state index contributed by atoms with van der Waals surface area (Å²) < 4.78 is 6.43. The normalized spacial score (nSPS) is 13.9. The third kappa shape index (κ3) is 9.07. The number of rotatable bonds is 5. The Morgan fingerprint density at radius 2 is 0.655 bits per heavy atom. The first kappa shape index (κ1) is 56.0. The second-order valence-electron chi connectivity index (χ2n) is 24.7. The molecule has 87 heavy (non-hydrogen) atoms. The number of hydrogen-bond donors (Lipinski definition) is 1. The maximum absolute atomic E-state index is 6.16. The Bertz CT molecular complexity index is 4930. The molecule has 0 radical (unpaired) electrons. The molecule has 2 N–H and O–H groups in total. The van der Waals surface area contributed by atoms with Crippen molar-refractivity contribution < 1.29 is 0 Å². The number of nitrogens with two attached hydrogens (primary N) is 1. The SMILES string of the molecule is C.CC1(C)c2ccccc2-c2cc(Br)ccc21.CC1(C)c2ccccc2-c2cc(N(c3ccc4c(c3)-c3ccccc3C4(C)C)c3ccccc3-c3cccc4sc5ccccc5c34)ccc21.Nc1ccccc1-c1cccc2sc3ccccc3c12. The van der Waals surface area contributed by atoms with Gasteiger partial charge in [-0.15, -0.1) is 22.7 Å². The second-order valence-corrected chi connectivity index (χ2v) is 27.7. The Hall–Kier alpha value is -8.84. The lowest BCUT2D eigenvalue weighted by Crippen LogP contribution is -2.16. The monoisotopic (exact) mass is 1220 g/mol. The highest BCUT2D eigenvalue weighted by Gasteiger charge is 2.38. The molecule has 0 atom stereocenters. The minimum Gasteiger partial charge on any atom is -0.398 e. The van der Waals surface area contributed by atoms with Crippen LogP contribution < -0.4 is 10.6 Å². The standard InChI is InChI=1S/C48H37NS.C18H13NS.C15H13Br.CH4/c1-47(2)39-19-9-5-14-32(39)37-28-30(24-26-41(37)47)49(31-25-27-42-38(29-31)33-15-6-10-20-40(33)48(42,3)4)43-21-11-7-16-34(43)35-18-13-23-45-46(35)36-17-8-12-22-44(36)50-45;19-15-9-3-1-6-12(15)13-8-5-11-17-18(13)14-7-2-4-10-16(14)20-17;1-15(2)13-6-4-3-5-11(13)12-9-10(16)7-8-14(12)15;/h5-29H,1-4H3;1-11H,19H2;3-9H,1-2H3;1H4. The fourth-order valence-electron chi connectivity index (χ4n) is 14.5. The number of fused-ring (bicyclic) bond motifs is 15. The fourth-order valence-corrected chi connectivity index (χ4v) is 17.1. The maximum Gasteiger partial charge on any atom is 0.0540 e. The van der Waals surface area contributed by atoms with E-state index >= 15 is 0 Å². The van der Waals surface area contributed by atoms with Crippen molar-refractivity contribution in [2.75, 3.05) is 10.6 Å². The lowest BCUT2D eigenvalue weighted by Gasteiger charge is -2.30. The Morgan fingerprint density at radius 1 is 0.310 bits per heavy atom. The first-order valence-corrected chi connectivity index (χ1v) is 32.1. The summed E-state index contributed by atoms with van der Waals surface area (Å²) in [6, 6.07) is 95.2. The highest BCUT2D eigenvalue weighted by atomic mass is 79.9. The van der Waals surface area contributed by atoms with Gasteiger partial charge in [-0.2, -0.15) is 0 Å². The molecule has 5 heteroatoms. The predicted molar refractivity (Wildman–Crippen MR) is 382 cm³/mol. The van der Waals surface area contributed by atoms with E-state index in [0.717, 1.165) is 27.1 Å². The molecule has 2 aromatic heterocycles. The van der Waals surface area contributed by atoms with E-state index in [1.807, 2.05) is 40.9 Å². The van der Waals surface area contributed by atoms with E-state index in [1.165, 1.54) is 129 Å². The molecule has 0 saturated carbocycles. The minimum absolute atomic E-state index is 0. The van der Waals surface area contributed by atoms with Crippen LogP contribution in [-0.4, -0.2) is 0 Å². The molecular weight excluding hydrogens is 1160 g/mol. The molecule has 2 heterocycles. The molecule has 3 aliphatic carbocycles. The number of para-hydroxylation sites is 2. The van der Waals surface area contributed by atoms with E-state index in [2.05, 4.69) is 305 Å². The number of halogens is 1. The third-order valence-electron chi connectivity index (χ3n) is 18.7. The summed E-state index contributed by atoms with van der Waals surface area (Å²) in [5.41, 5.74) is 31.8. The first-order valence-electron chi connectivity index (χ1n) is 29.7. The number of hydrogen-bond acceptors (Lipinski definition) is 4. The molecular formula is C82H67BrN2S2. The summed E-state index contributed by atoms with van der Waals surface area (Å²) in [4.78, 5) is 2.51. The van der Waals surface area contributed by atoms with Gasteiger partial charge in [0.25, 0.3) is 0 Å². The van der Waals surface area contributed by atoms with Crippen LogP contribution in [0.3, 0.4) is 0 Å². The van der Waals surface area contributed by atoms with E-state index in [0.29, 0.717) is 0 Å². The highest BCUT2D eigenvalue weighted by Crippen LogP contribution is 2.55. The first-order chi connectivity index (χ1) is 41.8. The molecule has 14 aromatic rings. The molecule has 3 aliphatic rings. The van der Waals surface area contributed by atoms with Crippen LogP contribution in [-0.2, 0) is 16.2 Å². The van der Waals surface area contributed by atoms with Crippen molar-refractivity contribution in [3.63, 3.8) is 0 Å².